The number of ether oxygens (including phenoxy) is 1. The summed E-state index contributed by atoms with van der Waals surface area (Å²) in [6, 6.07) is 4.10. The van der Waals surface area contributed by atoms with Gasteiger partial charge in [0.15, 0.2) is 0 Å². The second kappa shape index (κ2) is 7.10. The van der Waals surface area contributed by atoms with Gasteiger partial charge in [0.25, 0.3) is 5.56 Å². The van der Waals surface area contributed by atoms with Crippen LogP contribution in [0.25, 0.3) is 0 Å². The average molecular weight is 316 g/mol. The van der Waals surface area contributed by atoms with Gasteiger partial charge in [0, 0.05) is 56.8 Å². The minimum absolute atomic E-state index is 0.0718. The van der Waals surface area contributed by atoms with Crippen LogP contribution in [0.15, 0.2) is 29.3 Å². The van der Waals surface area contributed by atoms with Gasteiger partial charge in [-0.2, -0.15) is 5.10 Å². The first-order valence-electron chi connectivity index (χ1n) is 8.09. The van der Waals surface area contributed by atoms with Crippen LogP contribution in [0, 0.1) is 0 Å². The Labute approximate surface area is 136 Å². The normalized spacial score (nSPS) is 17.2. The van der Waals surface area contributed by atoms with E-state index < -0.39 is 0 Å². The molecule has 0 bridgehead atoms. The molecule has 1 N–H and O–H groups in total. The predicted octanol–water partition coefficient (Wildman–Crippen LogP) is 0.875. The Morgan fingerprint density at radius 3 is 3.04 bits per heavy atom. The minimum atomic E-state index is 0.0718. The predicted molar refractivity (Wildman–Crippen MR) is 88.4 cm³/mol. The molecule has 2 heterocycles. The summed E-state index contributed by atoms with van der Waals surface area (Å²) in [6.07, 6.45) is 6.87. The van der Waals surface area contributed by atoms with E-state index in [-0.39, 0.29) is 5.56 Å². The fourth-order valence-electron chi connectivity index (χ4n) is 3.25. The molecule has 0 radical (unpaired) electrons. The molecule has 0 saturated carbocycles. The van der Waals surface area contributed by atoms with Crippen molar-refractivity contribution in [2.24, 2.45) is 7.05 Å². The summed E-state index contributed by atoms with van der Waals surface area (Å²) < 4.78 is 8.81. The van der Waals surface area contributed by atoms with Crippen LogP contribution in [-0.4, -0.2) is 34.1 Å². The molecule has 0 aliphatic heterocycles. The maximum atomic E-state index is 12.1. The summed E-state index contributed by atoms with van der Waals surface area (Å²) >= 11 is 0. The van der Waals surface area contributed by atoms with Gasteiger partial charge in [0.05, 0.1) is 12.8 Å². The third kappa shape index (κ3) is 3.71. The standard InChI is InChI=1S/C17H24N4O2/c1-20-12-13(11-19-20)10-18-15-4-5-16-14(9-15)3-6-17(22)21(16)7-8-23-2/h3,6,11-12,15,18H,4-5,7-10H2,1-2H3/t15-/m1/s1. The van der Waals surface area contributed by atoms with Crippen LogP contribution in [0.5, 0.6) is 0 Å². The average Bonchev–Trinajstić information content (AvgIpc) is 2.97. The first-order valence-corrected chi connectivity index (χ1v) is 8.09. The second-order valence-corrected chi connectivity index (χ2v) is 6.13. The lowest BCUT2D eigenvalue weighted by atomic mass is 9.91. The number of aryl methyl sites for hydroxylation is 1. The molecule has 1 aliphatic rings. The zero-order valence-corrected chi connectivity index (χ0v) is 13.8. The van der Waals surface area contributed by atoms with Crippen LogP contribution in [0.1, 0.15) is 23.2 Å². The van der Waals surface area contributed by atoms with Gasteiger partial charge in [-0.15, -0.1) is 0 Å². The maximum absolute atomic E-state index is 12.1. The van der Waals surface area contributed by atoms with Crippen molar-refractivity contribution in [3.63, 3.8) is 0 Å². The van der Waals surface area contributed by atoms with Gasteiger partial charge in [-0.3, -0.25) is 9.48 Å². The van der Waals surface area contributed by atoms with E-state index in [2.05, 4.69) is 10.4 Å². The first kappa shape index (κ1) is 16.0. The molecule has 124 valence electrons. The van der Waals surface area contributed by atoms with Crippen molar-refractivity contribution >= 4 is 0 Å². The van der Waals surface area contributed by atoms with E-state index in [0.29, 0.717) is 19.2 Å². The van der Waals surface area contributed by atoms with Crippen LogP contribution >= 0.6 is 0 Å². The summed E-state index contributed by atoms with van der Waals surface area (Å²) in [4.78, 5) is 12.1. The molecule has 2 aromatic rings. The van der Waals surface area contributed by atoms with Gasteiger partial charge < -0.3 is 14.6 Å². The summed E-state index contributed by atoms with van der Waals surface area (Å²) in [5.74, 6) is 0. The van der Waals surface area contributed by atoms with E-state index in [4.69, 9.17) is 4.74 Å². The minimum Gasteiger partial charge on any atom is -0.383 e. The lowest BCUT2D eigenvalue weighted by Crippen LogP contribution is -2.37. The highest BCUT2D eigenvalue weighted by molar-refractivity contribution is 5.25. The number of pyridine rings is 1. The molecule has 0 unspecified atom stereocenters. The van der Waals surface area contributed by atoms with Crippen molar-refractivity contribution in [2.75, 3.05) is 13.7 Å². The van der Waals surface area contributed by atoms with Crippen molar-refractivity contribution in [1.29, 1.82) is 0 Å². The van der Waals surface area contributed by atoms with Crippen molar-refractivity contribution in [1.82, 2.24) is 19.7 Å². The molecule has 23 heavy (non-hydrogen) atoms. The Hall–Kier alpha value is -1.92. The topological polar surface area (TPSA) is 61.1 Å². The molecule has 3 rings (SSSR count). The van der Waals surface area contributed by atoms with Crippen LogP contribution in [0.4, 0.5) is 0 Å². The molecule has 2 aromatic heterocycles. The maximum Gasteiger partial charge on any atom is 0.250 e. The Bertz CT molecular complexity index is 720. The number of nitrogens with one attached hydrogen (secondary N) is 1. The van der Waals surface area contributed by atoms with Crippen molar-refractivity contribution < 1.29 is 4.74 Å². The Morgan fingerprint density at radius 1 is 1.43 bits per heavy atom. The summed E-state index contributed by atoms with van der Waals surface area (Å²) in [5, 5.41) is 7.80. The van der Waals surface area contributed by atoms with E-state index in [1.807, 2.05) is 34.8 Å². The van der Waals surface area contributed by atoms with E-state index in [0.717, 1.165) is 25.8 Å². The fraction of sp³-hybridized carbons (Fsp3) is 0.529. The Kier molecular flexibility index (Phi) is 4.93. The number of rotatable bonds is 6. The van der Waals surface area contributed by atoms with Crippen LogP contribution in [0.2, 0.25) is 0 Å². The van der Waals surface area contributed by atoms with E-state index in [1.165, 1.54) is 16.8 Å². The zero-order chi connectivity index (χ0) is 16.2. The lowest BCUT2D eigenvalue weighted by Gasteiger charge is -2.27. The van der Waals surface area contributed by atoms with Gasteiger partial charge in [0.2, 0.25) is 0 Å². The highest BCUT2D eigenvalue weighted by Crippen LogP contribution is 2.20. The van der Waals surface area contributed by atoms with E-state index in [9.17, 15) is 4.79 Å². The molecule has 0 fully saturated rings. The van der Waals surface area contributed by atoms with Crippen molar-refractivity contribution in [3.05, 3.63) is 51.7 Å². The quantitative estimate of drug-likeness (QED) is 0.859. The summed E-state index contributed by atoms with van der Waals surface area (Å²) in [7, 11) is 3.60. The van der Waals surface area contributed by atoms with Crippen molar-refractivity contribution in [2.45, 2.75) is 38.4 Å². The highest BCUT2D eigenvalue weighted by atomic mass is 16.5. The number of methoxy groups -OCH3 is 1. The highest BCUT2D eigenvalue weighted by Gasteiger charge is 2.21. The largest absolute Gasteiger partial charge is 0.383 e. The number of nitrogens with zero attached hydrogens (tertiary/aromatic N) is 3. The molecule has 1 atom stereocenters. The number of hydrogen-bond donors (Lipinski definition) is 1. The fourth-order valence-corrected chi connectivity index (χ4v) is 3.25. The monoisotopic (exact) mass is 316 g/mol. The van der Waals surface area contributed by atoms with E-state index in [1.54, 1.807) is 13.2 Å². The van der Waals surface area contributed by atoms with Crippen LogP contribution in [-0.2, 0) is 37.7 Å². The second-order valence-electron chi connectivity index (χ2n) is 6.13. The zero-order valence-electron chi connectivity index (χ0n) is 13.8. The number of fused-ring (bicyclic) bond motifs is 1. The van der Waals surface area contributed by atoms with Crippen LogP contribution < -0.4 is 10.9 Å². The third-order valence-corrected chi connectivity index (χ3v) is 4.46. The molecule has 6 nitrogen and oxygen atoms in total. The van der Waals surface area contributed by atoms with Crippen LogP contribution in [0.3, 0.4) is 0 Å². The van der Waals surface area contributed by atoms with Gasteiger partial charge in [-0.1, -0.05) is 6.07 Å². The molecule has 1 aliphatic carbocycles. The van der Waals surface area contributed by atoms with Gasteiger partial charge in [-0.05, 0) is 24.8 Å². The van der Waals surface area contributed by atoms with Crippen molar-refractivity contribution in [3.8, 4) is 0 Å². The van der Waals surface area contributed by atoms with Gasteiger partial charge in [-0.25, -0.2) is 0 Å². The molecule has 0 aromatic carbocycles. The third-order valence-electron chi connectivity index (χ3n) is 4.46. The molecule has 6 heteroatoms. The Morgan fingerprint density at radius 2 is 2.30 bits per heavy atom. The number of aromatic nitrogens is 3. The summed E-state index contributed by atoms with van der Waals surface area (Å²) in [5.41, 5.74) is 3.72. The lowest BCUT2D eigenvalue weighted by molar-refractivity contribution is 0.184. The SMILES string of the molecule is COCCn1c2c(ccc1=O)C[C@H](NCc1cnn(C)c1)CC2. The number of hydrogen-bond acceptors (Lipinski definition) is 4. The van der Waals surface area contributed by atoms with Gasteiger partial charge >= 0.3 is 0 Å². The van der Waals surface area contributed by atoms with E-state index >= 15 is 0 Å². The smallest absolute Gasteiger partial charge is 0.250 e. The molecular weight excluding hydrogens is 292 g/mol. The molecule has 0 amide bonds. The molecule has 0 saturated heterocycles. The molecular formula is C17H24N4O2. The summed E-state index contributed by atoms with van der Waals surface area (Å²) in [6.45, 7) is 2.03. The van der Waals surface area contributed by atoms with Gasteiger partial charge in [0.1, 0.15) is 0 Å². The molecule has 0 spiro atoms. The first-order chi connectivity index (χ1) is 11.2. The Balaban J connectivity index is 1.67.